The van der Waals surface area contributed by atoms with Gasteiger partial charge in [0, 0.05) is 10.8 Å². The summed E-state index contributed by atoms with van der Waals surface area (Å²) >= 11 is 0. The second-order valence-electron chi connectivity index (χ2n) is 22.9. The van der Waals surface area contributed by atoms with E-state index in [0.29, 0.717) is 0 Å². The fraction of sp³-hybridized carbons (Fsp3) is 0.158. The summed E-state index contributed by atoms with van der Waals surface area (Å²) in [5.41, 5.74) is 26.2. The summed E-state index contributed by atoms with van der Waals surface area (Å²) in [5, 5.41) is 10.4. The molecule has 0 saturated heterocycles. The van der Waals surface area contributed by atoms with Crippen LogP contribution < -0.4 is 0 Å². The summed E-state index contributed by atoms with van der Waals surface area (Å²) in [6.45, 7) is 14.2. The van der Waals surface area contributed by atoms with Gasteiger partial charge in [0.25, 0.3) is 0 Å². The van der Waals surface area contributed by atoms with Crippen LogP contribution in [-0.2, 0) is 23.7 Å². The summed E-state index contributed by atoms with van der Waals surface area (Å²) in [5.74, 6) is 0. The number of rotatable bonds is 9. The van der Waals surface area contributed by atoms with E-state index in [1.807, 2.05) is 0 Å². The molecule has 76 heavy (non-hydrogen) atoms. The molecule has 2 aliphatic rings. The first-order valence-corrected chi connectivity index (χ1v) is 27.8. The van der Waals surface area contributed by atoms with E-state index in [9.17, 15) is 0 Å². The largest absolute Gasteiger partial charge is 0.0651 e. The van der Waals surface area contributed by atoms with Crippen molar-refractivity contribution in [2.75, 3.05) is 0 Å². The van der Waals surface area contributed by atoms with Crippen molar-refractivity contribution in [1.82, 2.24) is 0 Å². The standard InChI is InChI=1S/C76H62/c1-7-17-47-27-31-49(32-28-47)71-59-19-9-13-23-63(59)73(64-24-14-10-20-60(64)71)53-37-41-57-55-39-35-51(43-67(55)75(3,4)69(57)45-53)52-36-40-56-58-42-38-54(46-70(58)76(5,6)68(56)44-52)74-65-25-15-11-21-61(65)72(62-22-12-16-26-66(62)74)50-33-29-48(18-8-2)30-34-50/h9-16,19-46H,7-8,17-18H2,1-6H3. The second kappa shape index (κ2) is 17.6. The fourth-order valence-electron chi connectivity index (χ4n) is 13.9. The van der Waals surface area contributed by atoms with Gasteiger partial charge in [-0.25, -0.2) is 0 Å². The predicted octanol–water partition coefficient (Wildman–Crippen LogP) is 21.2. The summed E-state index contributed by atoms with van der Waals surface area (Å²) in [4.78, 5) is 0. The molecule has 0 unspecified atom stereocenters. The highest BCUT2D eigenvalue weighted by Gasteiger charge is 2.38. The first-order valence-electron chi connectivity index (χ1n) is 27.8. The Balaban J connectivity index is 0.820. The summed E-state index contributed by atoms with van der Waals surface area (Å²) < 4.78 is 0. The quantitative estimate of drug-likeness (QED) is 0.126. The Hall–Kier alpha value is -8.32. The lowest BCUT2D eigenvalue weighted by atomic mass is 9.79. The Bertz CT molecular complexity index is 3930. The molecule has 0 N–H and O–H groups in total. The highest BCUT2D eigenvalue weighted by atomic mass is 14.4. The third-order valence-corrected chi connectivity index (χ3v) is 17.7. The van der Waals surface area contributed by atoms with Crippen LogP contribution in [0.15, 0.2) is 218 Å². The molecule has 0 nitrogen and oxygen atoms in total. The minimum Gasteiger partial charge on any atom is -0.0651 e. The van der Waals surface area contributed by atoms with Crippen molar-refractivity contribution in [3.63, 3.8) is 0 Å². The molecule has 0 heteroatoms. The van der Waals surface area contributed by atoms with Crippen molar-refractivity contribution in [2.45, 2.75) is 78.1 Å². The summed E-state index contributed by atoms with van der Waals surface area (Å²) in [6, 6.07) is 83.9. The minimum atomic E-state index is -0.198. The molecule has 12 aromatic carbocycles. The van der Waals surface area contributed by atoms with Crippen LogP contribution in [0.25, 0.3) is 121 Å². The van der Waals surface area contributed by atoms with Crippen molar-refractivity contribution >= 4 is 43.1 Å². The zero-order valence-electron chi connectivity index (χ0n) is 44.6. The molecule has 0 amide bonds. The molecule has 0 heterocycles. The average Bonchev–Trinajstić information content (AvgIpc) is 3.85. The van der Waals surface area contributed by atoms with Gasteiger partial charge in [-0.05, 0) is 191 Å². The fourth-order valence-corrected chi connectivity index (χ4v) is 13.9. The third-order valence-electron chi connectivity index (χ3n) is 17.7. The lowest BCUT2D eigenvalue weighted by Crippen LogP contribution is -2.15. The molecule has 0 aromatic heterocycles. The van der Waals surface area contributed by atoms with Crippen LogP contribution in [-0.4, -0.2) is 0 Å². The first-order chi connectivity index (χ1) is 37.1. The predicted molar refractivity (Wildman–Crippen MR) is 327 cm³/mol. The van der Waals surface area contributed by atoms with E-state index in [2.05, 4.69) is 260 Å². The number of benzene rings is 12. The maximum absolute atomic E-state index is 2.51. The van der Waals surface area contributed by atoms with Gasteiger partial charge in [-0.1, -0.05) is 249 Å². The maximum Gasteiger partial charge on any atom is 0.0159 e. The average molecular weight is 975 g/mol. The molecule has 2 aliphatic carbocycles. The number of hydrogen-bond acceptors (Lipinski definition) is 0. The lowest BCUT2D eigenvalue weighted by Gasteiger charge is -2.24. The van der Waals surface area contributed by atoms with E-state index < -0.39 is 0 Å². The van der Waals surface area contributed by atoms with E-state index in [1.165, 1.54) is 154 Å². The number of aryl methyl sites for hydroxylation is 2. The van der Waals surface area contributed by atoms with Gasteiger partial charge in [-0.3, -0.25) is 0 Å². The van der Waals surface area contributed by atoms with Gasteiger partial charge in [0.1, 0.15) is 0 Å². The minimum absolute atomic E-state index is 0.198. The molecule has 366 valence electrons. The van der Waals surface area contributed by atoms with Gasteiger partial charge in [-0.15, -0.1) is 0 Å². The topological polar surface area (TPSA) is 0 Å². The van der Waals surface area contributed by atoms with Crippen molar-refractivity contribution < 1.29 is 0 Å². The zero-order valence-corrected chi connectivity index (χ0v) is 44.6. The highest BCUT2D eigenvalue weighted by Crippen LogP contribution is 2.55. The first kappa shape index (κ1) is 46.2. The Kier molecular flexibility index (Phi) is 10.7. The van der Waals surface area contributed by atoms with Crippen LogP contribution >= 0.6 is 0 Å². The van der Waals surface area contributed by atoms with Crippen molar-refractivity contribution in [2.24, 2.45) is 0 Å². The van der Waals surface area contributed by atoms with Crippen molar-refractivity contribution in [3.8, 4) is 77.9 Å². The lowest BCUT2D eigenvalue weighted by molar-refractivity contribution is 0.660. The van der Waals surface area contributed by atoms with E-state index in [4.69, 9.17) is 0 Å². The SMILES string of the molecule is CCCc1ccc(-c2c3ccccc3c(-c3ccc4c(c3)C(C)(C)c3cc(-c5ccc6c(c5)C(C)(C)c5cc(-c7c8ccccc8c(-c8ccc(CCC)cc8)c8ccccc78)ccc5-6)ccc3-4)c3ccccc23)cc1. The van der Waals surface area contributed by atoms with Crippen molar-refractivity contribution in [3.05, 3.63) is 252 Å². The van der Waals surface area contributed by atoms with Gasteiger partial charge < -0.3 is 0 Å². The molecular weight excluding hydrogens is 913 g/mol. The van der Waals surface area contributed by atoms with E-state index in [-0.39, 0.29) is 10.8 Å². The monoisotopic (exact) mass is 974 g/mol. The molecule has 0 spiro atoms. The Labute approximate surface area is 448 Å². The maximum atomic E-state index is 2.51. The van der Waals surface area contributed by atoms with Crippen LogP contribution in [0.2, 0.25) is 0 Å². The Morgan fingerprint density at radius 2 is 0.474 bits per heavy atom. The van der Waals surface area contributed by atoms with E-state index in [0.717, 1.165) is 25.7 Å². The molecule has 0 atom stereocenters. The molecule has 12 aromatic rings. The van der Waals surface area contributed by atoms with Crippen LogP contribution in [0.1, 0.15) is 87.8 Å². The van der Waals surface area contributed by atoms with Crippen LogP contribution in [0.5, 0.6) is 0 Å². The smallest absolute Gasteiger partial charge is 0.0159 e. The summed E-state index contributed by atoms with van der Waals surface area (Å²) in [6.07, 6.45) is 4.51. The van der Waals surface area contributed by atoms with Gasteiger partial charge >= 0.3 is 0 Å². The third kappa shape index (κ3) is 7.03. The molecule has 0 fully saturated rings. The van der Waals surface area contributed by atoms with Crippen LogP contribution in [0.4, 0.5) is 0 Å². The van der Waals surface area contributed by atoms with Gasteiger partial charge in [0.2, 0.25) is 0 Å². The highest BCUT2D eigenvalue weighted by molar-refractivity contribution is 6.23. The Morgan fingerprint density at radius 1 is 0.250 bits per heavy atom. The van der Waals surface area contributed by atoms with Gasteiger partial charge in [0.15, 0.2) is 0 Å². The molecule has 0 saturated carbocycles. The zero-order chi connectivity index (χ0) is 51.5. The van der Waals surface area contributed by atoms with E-state index in [1.54, 1.807) is 0 Å². The molecule has 0 radical (unpaired) electrons. The van der Waals surface area contributed by atoms with Crippen LogP contribution in [0.3, 0.4) is 0 Å². The van der Waals surface area contributed by atoms with Gasteiger partial charge in [0.05, 0.1) is 0 Å². The number of fused-ring (bicyclic) bond motifs is 10. The normalized spacial score (nSPS) is 13.8. The number of hydrogen-bond donors (Lipinski definition) is 0. The molecule has 0 bridgehead atoms. The van der Waals surface area contributed by atoms with Gasteiger partial charge in [-0.2, -0.15) is 0 Å². The van der Waals surface area contributed by atoms with Crippen molar-refractivity contribution in [1.29, 1.82) is 0 Å². The molecule has 0 aliphatic heterocycles. The molecule has 14 rings (SSSR count). The van der Waals surface area contributed by atoms with E-state index >= 15 is 0 Å². The summed E-state index contributed by atoms with van der Waals surface area (Å²) in [7, 11) is 0. The van der Waals surface area contributed by atoms with Crippen LogP contribution in [0, 0.1) is 0 Å². The Morgan fingerprint density at radius 3 is 0.737 bits per heavy atom. The molecular formula is C76H62. The second-order valence-corrected chi connectivity index (χ2v) is 22.9.